The van der Waals surface area contributed by atoms with Gasteiger partial charge >= 0.3 is 0 Å². The van der Waals surface area contributed by atoms with Crippen molar-refractivity contribution in [2.24, 2.45) is 0 Å². The van der Waals surface area contributed by atoms with Crippen molar-refractivity contribution in [1.82, 2.24) is 29.7 Å². The molecule has 8 nitrogen and oxygen atoms in total. The zero-order chi connectivity index (χ0) is 26.3. The maximum Gasteiger partial charge on any atom is 0.176 e. The lowest BCUT2D eigenvalue weighted by Gasteiger charge is -2.44. The third-order valence-electron chi connectivity index (χ3n) is 8.66. The molecule has 7 rings (SSSR count). The number of aromatic amines is 1. The van der Waals surface area contributed by atoms with Crippen molar-refractivity contribution in [2.45, 2.75) is 51.1 Å². The van der Waals surface area contributed by atoms with E-state index in [0.29, 0.717) is 30.2 Å². The van der Waals surface area contributed by atoms with E-state index in [2.05, 4.69) is 26.6 Å². The number of fused-ring (bicyclic) bond motifs is 2. The van der Waals surface area contributed by atoms with Crippen LogP contribution in [-0.4, -0.2) is 88.3 Å². The molecular formula is C29H36FN7OS. The number of nitrogens with zero attached hydrogens (tertiary/aromatic N) is 6. The van der Waals surface area contributed by atoms with Gasteiger partial charge in [0.1, 0.15) is 15.5 Å². The summed E-state index contributed by atoms with van der Waals surface area (Å²) in [6.45, 7) is 9.80. The van der Waals surface area contributed by atoms with Gasteiger partial charge in [0.25, 0.3) is 0 Å². The van der Waals surface area contributed by atoms with Gasteiger partial charge in [-0.15, -0.1) is 11.3 Å². The smallest absolute Gasteiger partial charge is 0.176 e. The predicted molar refractivity (Wildman–Crippen MR) is 154 cm³/mol. The molecule has 3 saturated heterocycles. The van der Waals surface area contributed by atoms with Crippen LogP contribution in [-0.2, 0) is 4.74 Å². The minimum absolute atomic E-state index is 0.275. The Hall–Kier alpha value is -2.66. The van der Waals surface area contributed by atoms with Gasteiger partial charge in [0.2, 0.25) is 0 Å². The molecule has 0 radical (unpaired) electrons. The highest BCUT2D eigenvalue weighted by molar-refractivity contribution is 7.19. The van der Waals surface area contributed by atoms with E-state index in [1.165, 1.54) is 38.4 Å². The molecule has 0 aliphatic carbocycles. The maximum absolute atomic E-state index is 15.3. The van der Waals surface area contributed by atoms with Crippen LogP contribution in [0.25, 0.3) is 32.6 Å². The summed E-state index contributed by atoms with van der Waals surface area (Å²) in [5.74, 6) is 0.922. The molecule has 4 aromatic rings. The fourth-order valence-electron chi connectivity index (χ4n) is 6.41. The largest absolute Gasteiger partial charge is 0.378 e. The van der Waals surface area contributed by atoms with E-state index in [1.54, 1.807) is 17.4 Å². The topological polar surface area (TPSA) is 73.4 Å². The highest BCUT2D eigenvalue weighted by Crippen LogP contribution is 2.40. The lowest BCUT2D eigenvalue weighted by molar-refractivity contribution is 0.0466. The van der Waals surface area contributed by atoms with Crippen LogP contribution in [0.3, 0.4) is 0 Å². The SMILES string of the molecule is CCCC(c1nc2nc(-c3c(F)ccc4[nH]ccc34)nc(N3CCOCC3)c2s1)N1CCC(N2CCC2)CC1. The number of halogens is 1. The van der Waals surface area contributed by atoms with E-state index in [4.69, 9.17) is 19.7 Å². The number of anilines is 1. The summed E-state index contributed by atoms with van der Waals surface area (Å²) in [4.78, 5) is 25.8. The standard InChI is InChI=1S/C29H36FN7OS/c1-2-4-23(36-13-8-19(9-14-36)35-11-3-12-35)29-34-27-25(39-29)28(37-15-17-38-18-16-37)33-26(32-27)24-20-7-10-31-22(20)6-5-21(24)30/h5-7,10,19,23,31H,2-4,8-9,11-18H2,1H3. The maximum atomic E-state index is 15.3. The van der Waals surface area contributed by atoms with Crippen LogP contribution in [0.15, 0.2) is 24.4 Å². The van der Waals surface area contributed by atoms with Crippen molar-refractivity contribution >= 4 is 38.4 Å². The number of likely N-dealkylation sites (tertiary alicyclic amines) is 2. The van der Waals surface area contributed by atoms with Gasteiger partial charge in [-0.1, -0.05) is 13.3 Å². The quantitative estimate of drug-likeness (QED) is 0.339. The molecule has 1 N–H and O–H groups in total. The van der Waals surface area contributed by atoms with Gasteiger partial charge in [0.15, 0.2) is 17.3 Å². The molecule has 6 heterocycles. The molecule has 3 aromatic heterocycles. The molecule has 10 heteroatoms. The predicted octanol–water partition coefficient (Wildman–Crippen LogP) is 5.22. The zero-order valence-corrected chi connectivity index (χ0v) is 23.4. The Morgan fingerprint density at radius 2 is 1.87 bits per heavy atom. The van der Waals surface area contributed by atoms with E-state index in [9.17, 15) is 0 Å². The Morgan fingerprint density at radius 1 is 1.05 bits per heavy atom. The van der Waals surface area contributed by atoms with Crippen molar-refractivity contribution < 1.29 is 9.13 Å². The van der Waals surface area contributed by atoms with Crippen LogP contribution in [0, 0.1) is 5.82 Å². The van der Waals surface area contributed by atoms with Crippen molar-refractivity contribution in [3.8, 4) is 11.4 Å². The molecule has 1 aromatic carbocycles. The first-order chi connectivity index (χ1) is 19.2. The van der Waals surface area contributed by atoms with Crippen molar-refractivity contribution in [1.29, 1.82) is 0 Å². The van der Waals surface area contributed by atoms with Gasteiger partial charge in [-0.3, -0.25) is 4.90 Å². The molecule has 0 bridgehead atoms. The fraction of sp³-hybridized carbons (Fsp3) is 0.552. The zero-order valence-electron chi connectivity index (χ0n) is 22.5. The number of thiazole rings is 1. The molecule has 206 valence electrons. The average molecular weight is 550 g/mol. The normalized spacial score (nSPS) is 20.6. The number of piperidine rings is 1. The van der Waals surface area contributed by atoms with Crippen molar-refractivity contribution in [2.75, 3.05) is 57.4 Å². The molecule has 3 aliphatic rings. The van der Waals surface area contributed by atoms with E-state index < -0.39 is 0 Å². The molecule has 0 saturated carbocycles. The van der Waals surface area contributed by atoms with E-state index in [0.717, 1.165) is 71.5 Å². The summed E-state index contributed by atoms with van der Waals surface area (Å²) in [6.07, 6.45) is 7.80. The molecule has 39 heavy (non-hydrogen) atoms. The number of hydrogen-bond donors (Lipinski definition) is 1. The molecule has 3 fully saturated rings. The Morgan fingerprint density at radius 3 is 2.62 bits per heavy atom. The number of benzene rings is 1. The van der Waals surface area contributed by atoms with Crippen LogP contribution in [0.4, 0.5) is 10.2 Å². The summed E-state index contributed by atoms with van der Waals surface area (Å²) in [5.41, 5.74) is 1.97. The van der Waals surface area contributed by atoms with Gasteiger partial charge < -0.3 is 19.5 Å². The van der Waals surface area contributed by atoms with Gasteiger partial charge in [-0.2, -0.15) is 0 Å². The Labute approximate surface area is 232 Å². The van der Waals surface area contributed by atoms with Crippen LogP contribution in [0.1, 0.15) is 50.1 Å². The fourth-order valence-corrected chi connectivity index (χ4v) is 7.60. The molecule has 1 atom stereocenters. The number of ether oxygens (including phenoxy) is 1. The summed E-state index contributed by atoms with van der Waals surface area (Å²) in [5, 5.41) is 1.89. The highest BCUT2D eigenvalue weighted by atomic mass is 32.1. The number of H-pyrrole nitrogens is 1. The van der Waals surface area contributed by atoms with E-state index in [1.807, 2.05) is 12.3 Å². The van der Waals surface area contributed by atoms with Gasteiger partial charge in [0, 0.05) is 49.3 Å². The average Bonchev–Trinajstić information content (AvgIpc) is 3.58. The van der Waals surface area contributed by atoms with Crippen LogP contribution >= 0.6 is 11.3 Å². The molecule has 3 aliphatic heterocycles. The number of rotatable bonds is 7. The van der Waals surface area contributed by atoms with Crippen molar-refractivity contribution in [3.63, 3.8) is 0 Å². The first-order valence-electron chi connectivity index (χ1n) is 14.4. The minimum atomic E-state index is -0.321. The summed E-state index contributed by atoms with van der Waals surface area (Å²) < 4.78 is 21.9. The highest BCUT2D eigenvalue weighted by Gasteiger charge is 2.33. The number of nitrogens with one attached hydrogen (secondary N) is 1. The minimum Gasteiger partial charge on any atom is -0.378 e. The Kier molecular flexibility index (Phi) is 6.96. The Balaban J connectivity index is 1.29. The molecule has 0 spiro atoms. The summed E-state index contributed by atoms with van der Waals surface area (Å²) in [7, 11) is 0. The Bertz CT molecular complexity index is 1450. The molecule has 0 amide bonds. The lowest BCUT2D eigenvalue weighted by Crippen LogP contribution is -2.50. The first-order valence-corrected chi connectivity index (χ1v) is 15.3. The molecular weight excluding hydrogens is 513 g/mol. The van der Waals surface area contributed by atoms with E-state index in [-0.39, 0.29) is 11.9 Å². The second-order valence-electron chi connectivity index (χ2n) is 11.0. The number of hydrogen-bond acceptors (Lipinski definition) is 8. The summed E-state index contributed by atoms with van der Waals surface area (Å²) in [6, 6.07) is 6.15. The monoisotopic (exact) mass is 549 g/mol. The van der Waals surface area contributed by atoms with E-state index >= 15 is 4.39 Å². The first kappa shape index (κ1) is 25.3. The van der Waals surface area contributed by atoms with Gasteiger partial charge in [-0.05, 0) is 57.0 Å². The number of aromatic nitrogens is 4. The van der Waals surface area contributed by atoms with Crippen LogP contribution in [0.5, 0.6) is 0 Å². The second-order valence-corrected chi connectivity index (χ2v) is 12.0. The molecule has 1 unspecified atom stereocenters. The van der Waals surface area contributed by atoms with Gasteiger partial charge in [-0.25, -0.2) is 19.3 Å². The van der Waals surface area contributed by atoms with Gasteiger partial charge in [0.05, 0.1) is 24.8 Å². The van der Waals surface area contributed by atoms with Crippen LogP contribution in [0.2, 0.25) is 0 Å². The van der Waals surface area contributed by atoms with Crippen LogP contribution < -0.4 is 4.90 Å². The lowest BCUT2D eigenvalue weighted by atomic mass is 9.97. The number of morpholine rings is 1. The second kappa shape index (κ2) is 10.7. The third-order valence-corrected chi connectivity index (χ3v) is 9.81. The third kappa shape index (κ3) is 4.71. The summed E-state index contributed by atoms with van der Waals surface area (Å²) >= 11 is 1.72. The van der Waals surface area contributed by atoms with Crippen molar-refractivity contribution in [3.05, 3.63) is 35.2 Å².